The Morgan fingerprint density at radius 2 is 2.00 bits per heavy atom. The van der Waals surface area contributed by atoms with Crippen molar-refractivity contribution in [2.75, 3.05) is 0 Å². The smallest absolute Gasteiger partial charge is 0.196 e. The van der Waals surface area contributed by atoms with E-state index >= 15 is 0 Å². The first-order valence-corrected chi connectivity index (χ1v) is 4.26. The molecule has 0 fully saturated rings. The molecule has 1 heterocycles. The molecule has 4 heteroatoms. The van der Waals surface area contributed by atoms with Crippen LogP contribution in [0.15, 0.2) is 30.3 Å². The van der Waals surface area contributed by atoms with E-state index in [4.69, 9.17) is 0 Å². The third-order valence-corrected chi connectivity index (χ3v) is 1.85. The van der Waals surface area contributed by atoms with Crippen molar-refractivity contribution >= 4 is 5.78 Å². The zero-order chi connectivity index (χ0) is 9.97. The van der Waals surface area contributed by atoms with Gasteiger partial charge in [-0.25, -0.2) is 4.98 Å². The molecule has 0 aliphatic carbocycles. The maximum Gasteiger partial charge on any atom is 0.196 e. The summed E-state index contributed by atoms with van der Waals surface area (Å²) in [4.78, 5) is 15.0. The Labute approximate surface area is 81.0 Å². The van der Waals surface area contributed by atoms with E-state index in [-0.39, 0.29) is 5.78 Å². The summed E-state index contributed by atoms with van der Waals surface area (Å²) in [7, 11) is 0. The minimum absolute atomic E-state index is 0.111. The van der Waals surface area contributed by atoms with Crippen LogP contribution in [0.3, 0.4) is 0 Å². The predicted molar refractivity (Wildman–Crippen MR) is 51.8 cm³/mol. The summed E-state index contributed by atoms with van der Waals surface area (Å²) < 4.78 is 0. The van der Waals surface area contributed by atoms with Crippen LogP contribution in [-0.4, -0.2) is 21.0 Å². The number of hydrogen-bond donors (Lipinski definition) is 1. The number of H-pyrrole nitrogens is 1. The molecule has 14 heavy (non-hydrogen) atoms. The molecular formula is C10H9N3O. The molecular weight excluding hydrogens is 178 g/mol. The van der Waals surface area contributed by atoms with Crippen molar-refractivity contribution in [1.82, 2.24) is 15.2 Å². The van der Waals surface area contributed by atoms with E-state index in [1.807, 2.05) is 30.3 Å². The van der Waals surface area contributed by atoms with E-state index < -0.39 is 0 Å². The average Bonchev–Trinajstić information content (AvgIpc) is 2.68. The van der Waals surface area contributed by atoms with Gasteiger partial charge in [0.2, 0.25) is 0 Å². The van der Waals surface area contributed by atoms with Gasteiger partial charge in [0.25, 0.3) is 0 Å². The molecule has 0 radical (unpaired) electrons. The van der Waals surface area contributed by atoms with Gasteiger partial charge in [0, 0.05) is 12.5 Å². The minimum atomic E-state index is -0.111. The highest BCUT2D eigenvalue weighted by Gasteiger charge is 2.07. The summed E-state index contributed by atoms with van der Waals surface area (Å²) in [5, 5.41) is 6.54. The van der Waals surface area contributed by atoms with Gasteiger partial charge >= 0.3 is 0 Å². The number of aromatic nitrogens is 3. The number of carbonyl (C=O) groups excluding carboxylic acids is 1. The van der Waals surface area contributed by atoms with Gasteiger partial charge in [0.15, 0.2) is 17.4 Å². The van der Waals surface area contributed by atoms with Crippen LogP contribution in [0, 0.1) is 0 Å². The molecule has 0 spiro atoms. The van der Waals surface area contributed by atoms with E-state index in [2.05, 4.69) is 15.2 Å². The second-order valence-corrected chi connectivity index (χ2v) is 2.93. The maximum absolute atomic E-state index is 11.0. The molecule has 2 aromatic rings. The number of ketones is 1. The second kappa shape index (κ2) is 3.41. The predicted octanol–water partition coefficient (Wildman–Crippen LogP) is 1.67. The number of Topliss-reactive ketones (excluding diaryl/α,β-unsaturated/α-hetero) is 1. The lowest BCUT2D eigenvalue weighted by molar-refractivity contribution is 0.100. The van der Waals surface area contributed by atoms with Crippen LogP contribution in [0.2, 0.25) is 0 Å². The minimum Gasteiger partial charge on any atom is -0.291 e. The van der Waals surface area contributed by atoms with Gasteiger partial charge in [0.05, 0.1) is 0 Å². The fourth-order valence-corrected chi connectivity index (χ4v) is 1.14. The molecule has 0 saturated carbocycles. The zero-order valence-corrected chi connectivity index (χ0v) is 7.69. The summed E-state index contributed by atoms with van der Waals surface area (Å²) in [6.45, 7) is 1.45. The van der Waals surface area contributed by atoms with Gasteiger partial charge in [-0.1, -0.05) is 30.3 Å². The lowest BCUT2D eigenvalue weighted by Crippen LogP contribution is -1.94. The van der Waals surface area contributed by atoms with Gasteiger partial charge in [-0.15, -0.1) is 0 Å². The topological polar surface area (TPSA) is 58.6 Å². The van der Waals surface area contributed by atoms with Crippen molar-refractivity contribution in [2.24, 2.45) is 0 Å². The number of nitrogens with one attached hydrogen (secondary N) is 1. The van der Waals surface area contributed by atoms with Gasteiger partial charge in [-0.2, -0.15) is 5.10 Å². The van der Waals surface area contributed by atoms with Crippen LogP contribution in [0.4, 0.5) is 0 Å². The molecule has 0 saturated heterocycles. The summed E-state index contributed by atoms with van der Waals surface area (Å²) in [5.74, 6) is 0.735. The fraction of sp³-hybridized carbons (Fsp3) is 0.100. The van der Waals surface area contributed by atoms with Crippen molar-refractivity contribution in [2.45, 2.75) is 6.92 Å². The fourth-order valence-electron chi connectivity index (χ4n) is 1.14. The first kappa shape index (κ1) is 8.62. The molecule has 1 aromatic carbocycles. The molecule has 0 aliphatic heterocycles. The van der Waals surface area contributed by atoms with E-state index in [0.29, 0.717) is 11.6 Å². The SMILES string of the molecule is CC(=O)c1nc(-c2ccccc2)n[nH]1. The van der Waals surface area contributed by atoms with E-state index in [0.717, 1.165) is 5.56 Å². The first-order valence-electron chi connectivity index (χ1n) is 4.26. The molecule has 0 bridgehead atoms. The van der Waals surface area contributed by atoms with Crippen molar-refractivity contribution < 1.29 is 4.79 Å². The standard InChI is InChI=1S/C10H9N3O/c1-7(14)9-11-10(13-12-9)8-5-3-2-4-6-8/h2-6H,1H3,(H,11,12,13). The summed E-state index contributed by atoms with van der Waals surface area (Å²) in [5.41, 5.74) is 0.899. The monoisotopic (exact) mass is 187 g/mol. The number of hydrogen-bond acceptors (Lipinski definition) is 3. The Balaban J connectivity index is 2.39. The number of carbonyl (C=O) groups is 1. The van der Waals surface area contributed by atoms with Crippen LogP contribution < -0.4 is 0 Å². The van der Waals surface area contributed by atoms with Crippen molar-refractivity contribution in [3.8, 4) is 11.4 Å². The van der Waals surface area contributed by atoms with Crippen molar-refractivity contribution in [1.29, 1.82) is 0 Å². The van der Waals surface area contributed by atoms with Gasteiger partial charge < -0.3 is 0 Å². The molecule has 0 aliphatic rings. The number of aromatic amines is 1. The van der Waals surface area contributed by atoms with Crippen LogP contribution in [0.1, 0.15) is 17.5 Å². The third kappa shape index (κ3) is 1.54. The van der Waals surface area contributed by atoms with Gasteiger partial charge in [-0.05, 0) is 0 Å². The van der Waals surface area contributed by atoms with Crippen molar-refractivity contribution in [3.05, 3.63) is 36.2 Å². The first-order chi connectivity index (χ1) is 6.77. The molecule has 4 nitrogen and oxygen atoms in total. The largest absolute Gasteiger partial charge is 0.291 e. The molecule has 70 valence electrons. The van der Waals surface area contributed by atoms with Crippen molar-refractivity contribution in [3.63, 3.8) is 0 Å². The quantitative estimate of drug-likeness (QED) is 0.727. The van der Waals surface area contributed by atoms with E-state index in [1.54, 1.807) is 0 Å². The Hall–Kier alpha value is -1.97. The van der Waals surface area contributed by atoms with Crippen LogP contribution >= 0.6 is 0 Å². The third-order valence-electron chi connectivity index (χ3n) is 1.85. The summed E-state index contributed by atoms with van der Waals surface area (Å²) in [6, 6.07) is 9.51. The zero-order valence-electron chi connectivity index (χ0n) is 7.69. The Bertz CT molecular complexity index is 447. The van der Waals surface area contributed by atoms with Crippen LogP contribution in [0.5, 0.6) is 0 Å². The number of rotatable bonds is 2. The average molecular weight is 187 g/mol. The van der Waals surface area contributed by atoms with E-state index in [9.17, 15) is 4.79 Å². The van der Waals surface area contributed by atoms with Crippen LogP contribution in [-0.2, 0) is 0 Å². The Kier molecular flexibility index (Phi) is 2.10. The second-order valence-electron chi connectivity index (χ2n) is 2.93. The normalized spacial score (nSPS) is 10.1. The summed E-state index contributed by atoms with van der Waals surface area (Å²) in [6.07, 6.45) is 0. The van der Waals surface area contributed by atoms with Gasteiger partial charge in [0.1, 0.15) is 0 Å². The molecule has 0 unspecified atom stereocenters. The highest BCUT2D eigenvalue weighted by Crippen LogP contribution is 2.13. The molecule has 2 rings (SSSR count). The summed E-state index contributed by atoms with van der Waals surface area (Å²) >= 11 is 0. The Morgan fingerprint density at radius 3 is 2.57 bits per heavy atom. The van der Waals surface area contributed by atoms with Gasteiger partial charge in [-0.3, -0.25) is 9.89 Å². The highest BCUT2D eigenvalue weighted by atomic mass is 16.1. The maximum atomic E-state index is 11.0. The number of benzene rings is 1. The van der Waals surface area contributed by atoms with Crippen LogP contribution in [0.25, 0.3) is 11.4 Å². The molecule has 0 atom stereocenters. The molecule has 1 aromatic heterocycles. The lowest BCUT2D eigenvalue weighted by atomic mass is 10.2. The molecule has 0 amide bonds. The molecule has 1 N–H and O–H groups in total. The van der Waals surface area contributed by atoms with E-state index in [1.165, 1.54) is 6.92 Å². The Morgan fingerprint density at radius 1 is 1.29 bits per heavy atom. The highest BCUT2D eigenvalue weighted by molar-refractivity contribution is 5.90. The number of nitrogens with zero attached hydrogens (tertiary/aromatic N) is 2. The lowest BCUT2D eigenvalue weighted by Gasteiger charge is -1.91.